The fourth-order valence-corrected chi connectivity index (χ4v) is 2.68. The molecule has 0 amide bonds. The zero-order valence-electron chi connectivity index (χ0n) is 11.4. The second kappa shape index (κ2) is 4.75. The second-order valence-electron chi connectivity index (χ2n) is 4.97. The number of fused-ring (bicyclic) bond motifs is 5. The number of hydrogen-bond acceptors (Lipinski definition) is 3. The Labute approximate surface area is 122 Å². The van der Waals surface area contributed by atoms with Gasteiger partial charge in [-0.05, 0) is 18.2 Å². The molecule has 3 aromatic rings. The molecule has 2 aromatic carbocycles. The zero-order chi connectivity index (χ0) is 14.2. The van der Waals surface area contributed by atoms with Crippen LogP contribution in [0.3, 0.4) is 0 Å². The van der Waals surface area contributed by atoms with Crippen LogP contribution in [0.1, 0.15) is 0 Å². The summed E-state index contributed by atoms with van der Waals surface area (Å²) in [6, 6.07) is 15.8. The van der Waals surface area contributed by atoms with E-state index in [-0.39, 0.29) is 6.61 Å². The zero-order valence-corrected chi connectivity index (χ0v) is 11.4. The van der Waals surface area contributed by atoms with Crippen LogP contribution in [-0.2, 0) is 6.54 Å². The Morgan fingerprint density at radius 1 is 0.905 bits per heavy atom. The van der Waals surface area contributed by atoms with E-state index in [1.54, 1.807) is 4.68 Å². The van der Waals surface area contributed by atoms with Crippen molar-refractivity contribution in [3.8, 4) is 33.9 Å². The van der Waals surface area contributed by atoms with Gasteiger partial charge >= 0.3 is 0 Å². The van der Waals surface area contributed by atoms with Gasteiger partial charge in [0.05, 0.1) is 13.2 Å². The topological polar surface area (TPSA) is 47.3 Å². The highest BCUT2D eigenvalue weighted by molar-refractivity contribution is 5.88. The van der Waals surface area contributed by atoms with Gasteiger partial charge in [0.25, 0.3) is 0 Å². The van der Waals surface area contributed by atoms with Crippen molar-refractivity contribution in [2.45, 2.75) is 6.54 Å². The quantitative estimate of drug-likeness (QED) is 0.612. The third-order valence-corrected chi connectivity index (χ3v) is 3.63. The minimum Gasteiger partial charge on any atom is -0.456 e. The monoisotopic (exact) mass is 278 g/mol. The molecule has 0 saturated heterocycles. The first kappa shape index (κ1) is 12.2. The first-order chi connectivity index (χ1) is 10.4. The van der Waals surface area contributed by atoms with Crippen LogP contribution in [0.25, 0.3) is 22.4 Å². The van der Waals surface area contributed by atoms with Gasteiger partial charge < -0.3 is 9.84 Å². The number of nitrogens with zero attached hydrogens (tertiary/aromatic N) is 2. The number of aromatic nitrogens is 2. The van der Waals surface area contributed by atoms with Crippen molar-refractivity contribution in [2.75, 3.05) is 6.61 Å². The number of benzene rings is 2. The van der Waals surface area contributed by atoms with Crippen LogP contribution in [0.4, 0.5) is 0 Å². The molecule has 1 aliphatic heterocycles. The molecule has 0 aliphatic carbocycles. The molecule has 21 heavy (non-hydrogen) atoms. The summed E-state index contributed by atoms with van der Waals surface area (Å²) in [5, 5.41) is 13.8. The summed E-state index contributed by atoms with van der Waals surface area (Å²) in [6.07, 6.45) is 1.97. The van der Waals surface area contributed by atoms with Gasteiger partial charge in [-0.2, -0.15) is 5.10 Å². The standard InChI is InChI=1S/C17H14N2O2/c20-10-9-19-11-14-12-5-1-3-7-15(12)21-16-8-4-2-6-13(16)17(14)18-19/h1-8,11,20H,9-10H2. The molecular weight excluding hydrogens is 264 g/mol. The van der Waals surface area contributed by atoms with Crippen molar-refractivity contribution in [3.05, 3.63) is 54.7 Å². The van der Waals surface area contributed by atoms with Crippen LogP contribution in [0.15, 0.2) is 54.7 Å². The summed E-state index contributed by atoms with van der Waals surface area (Å²) in [5.41, 5.74) is 3.92. The number of aliphatic hydroxyl groups excluding tert-OH is 1. The summed E-state index contributed by atoms with van der Waals surface area (Å²) < 4.78 is 7.83. The molecule has 0 atom stereocenters. The van der Waals surface area contributed by atoms with E-state index in [0.717, 1.165) is 33.9 Å². The molecule has 4 rings (SSSR count). The Kier molecular flexibility index (Phi) is 2.75. The Bertz CT molecular complexity index is 745. The van der Waals surface area contributed by atoms with Crippen molar-refractivity contribution >= 4 is 0 Å². The molecule has 104 valence electrons. The van der Waals surface area contributed by atoms with Gasteiger partial charge in [-0.15, -0.1) is 0 Å². The number of ether oxygens (including phenoxy) is 1. The molecule has 0 unspecified atom stereocenters. The van der Waals surface area contributed by atoms with E-state index in [4.69, 9.17) is 9.84 Å². The van der Waals surface area contributed by atoms with Gasteiger partial charge in [0, 0.05) is 22.9 Å². The number of hydrogen-bond donors (Lipinski definition) is 1. The van der Waals surface area contributed by atoms with Crippen LogP contribution in [-0.4, -0.2) is 21.5 Å². The van der Waals surface area contributed by atoms with Crippen LogP contribution in [0.5, 0.6) is 11.5 Å². The fraction of sp³-hybridized carbons (Fsp3) is 0.118. The maximum atomic E-state index is 9.14. The molecule has 4 nitrogen and oxygen atoms in total. The lowest BCUT2D eigenvalue weighted by Gasteiger charge is -2.08. The van der Waals surface area contributed by atoms with Gasteiger partial charge in [-0.1, -0.05) is 30.3 Å². The highest BCUT2D eigenvalue weighted by Crippen LogP contribution is 2.45. The Morgan fingerprint density at radius 2 is 1.57 bits per heavy atom. The van der Waals surface area contributed by atoms with Crippen LogP contribution in [0.2, 0.25) is 0 Å². The predicted octanol–water partition coefficient (Wildman–Crippen LogP) is 3.32. The maximum Gasteiger partial charge on any atom is 0.136 e. The summed E-state index contributed by atoms with van der Waals surface area (Å²) >= 11 is 0. The molecule has 1 N–H and O–H groups in total. The molecule has 2 heterocycles. The molecule has 4 heteroatoms. The summed E-state index contributed by atoms with van der Waals surface area (Å²) in [7, 11) is 0. The third kappa shape index (κ3) is 1.92. The van der Waals surface area contributed by atoms with Gasteiger partial charge in [-0.3, -0.25) is 4.68 Å². The normalized spacial score (nSPS) is 11.9. The molecule has 1 aromatic heterocycles. The van der Waals surface area contributed by atoms with Gasteiger partial charge in [-0.25, -0.2) is 0 Å². The van der Waals surface area contributed by atoms with E-state index in [9.17, 15) is 0 Å². The third-order valence-electron chi connectivity index (χ3n) is 3.63. The van der Waals surface area contributed by atoms with E-state index in [1.807, 2.05) is 54.7 Å². The van der Waals surface area contributed by atoms with Crippen LogP contribution in [0, 0.1) is 0 Å². The van der Waals surface area contributed by atoms with Crippen molar-refractivity contribution in [1.29, 1.82) is 0 Å². The highest BCUT2D eigenvalue weighted by atomic mass is 16.5. The minimum atomic E-state index is 0.0698. The van der Waals surface area contributed by atoms with Crippen LogP contribution < -0.4 is 4.74 Å². The minimum absolute atomic E-state index is 0.0698. The second-order valence-corrected chi connectivity index (χ2v) is 4.97. The SMILES string of the molecule is OCCn1cc2c(n1)-c1ccccc1Oc1ccccc1-2. The van der Waals surface area contributed by atoms with E-state index in [0.29, 0.717) is 6.54 Å². The number of para-hydroxylation sites is 2. The maximum absolute atomic E-state index is 9.14. The first-order valence-electron chi connectivity index (χ1n) is 6.92. The van der Waals surface area contributed by atoms with Gasteiger partial charge in [0.1, 0.15) is 17.2 Å². The summed E-state index contributed by atoms with van der Waals surface area (Å²) in [4.78, 5) is 0. The largest absolute Gasteiger partial charge is 0.456 e. The predicted molar refractivity (Wildman–Crippen MR) is 80.3 cm³/mol. The molecule has 0 saturated carbocycles. The van der Waals surface area contributed by atoms with E-state index in [1.165, 1.54) is 0 Å². The van der Waals surface area contributed by atoms with E-state index >= 15 is 0 Å². The molecular formula is C17H14N2O2. The van der Waals surface area contributed by atoms with E-state index < -0.39 is 0 Å². The molecule has 1 aliphatic rings. The van der Waals surface area contributed by atoms with Crippen molar-refractivity contribution in [3.63, 3.8) is 0 Å². The highest BCUT2D eigenvalue weighted by Gasteiger charge is 2.23. The van der Waals surface area contributed by atoms with Crippen molar-refractivity contribution in [2.24, 2.45) is 0 Å². The Morgan fingerprint density at radius 3 is 2.33 bits per heavy atom. The number of aliphatic hydroxyl groups is 1. The molecule has 0 spiro atoms. The summed E-state index contributed by atoms with van der Waals surface area (Å²) in [6.45, 7) is 0.554. The lowest BCUT2D eigenvalue weighted by atomic mass is 10.0. The van der Waals surface area contributed by atoms with Gasteiger partial charge in [0.15, 0.2) is 0 Å². The first-order valence-corrected chi connectivity index (χ1v) is 6.92. The number of rotatable bonds is 2. The van der Waals surface area contributed by atoms with E-state index in [2.05, 4.69) is 5.10 Å². The average molecular weight is 278 g/mol. The van der Waals surface area contributed by atoms with Gasteiger partial charge in [0.2, 0.25) is 0 Å². The average Bonchev–Trinajstić information content (AvgIpc) is 2.87. The fourth-order valence-electron chi connectivity index (χ4n) is 2.68. The molecule has 0 fully saturated rings. The van der Waals surface area contributed by atoms with Crippen LogP contribution >= 0.6 is 0 Å². The lowest BCUT2D eigenvalue weighted by Crippen LogP contribution is -2.02. The summed E-state index contributed by atoms with van der Waals surface area (Å²) in [5.74, 6) is 1.63. The lowest BCUT2D eigenvalue weighted by molar-refractivity contribution is 0.269. The molecule has 0 radical (unpaired) electrons. The smallest absolute Gasteiger partial charge is 0.136 e. The Hall–Kier alpha value is -2.59. The molecule has 0 bridgehead atoms. The van der Waals surface area contributed by atoms with Crippen molar-refractivity contribution < 1.29 is 9.84 Å². The van der Waals surface area contributed by atoms with Crippen molar-refractivity contribution in [1.82, 2.24) is 9.78 Å². The Balaban J connectivity index is 2.02.